The minimum absolute atomic E-state index is 0.0762. The zero-order valence-electron chi connectivity index (χ0n) is 8.97. The Balaban J connectivity index is 2.22. The van der Waals surface area contributed by atoms with Gasteiger partial charge in [0.25, 0.3) is 0 Å². The fourth-order valence-corrected chi connectivity index (χ4v) is 2.28. The Bertz CT molecular complexity index is 514. The van der Waals surface area contributed by atoms with Crippen LogP contribution >= 0.6 is 39.1 Å². The van der Waals surface area contributed by atoms with Gasteiger partial charge in [0.15, 0.2) is 0 Å². The third-order valence-corrected chi connectivity index (χ3v) is 4.17. The van der Waals surface area contributed by atoms with Crippen LogP contribution in [0.25, 0.3) is 0 Å². The molecule has 2 aromatic rings. The number of benzene rings is 1. The smallest absolute Gasteiger partial charge is 0.0835 e. The number of halogens is 3. The van der Waals surface area contributed by atoms with Gasteiger partial charge in [0.2, 0.25) is 0 Å². The molecule has 6 heteroatoms. The van der Waals surface area contributed by atoms with Crippen LogP contribution in [0.1, 0.15) is 18.7 Å². The summed E-state index contributed by atoms with van der Waals surface area (Å²) in [6.45, 7) is 2.01. The topological polar surface area (TPSA) is 40.7 Å². The van der Waals surface area contributed by atoms with Gasteiger partial charge in [-0.2, -0.15) is 5.10 Å². The maximum absolute atomic E-state index is 6.15. The zero-order chi connectivity index (χ0) is 12.4. The Morgan fingerprint density at radius 3 is 2.71 bits per heavy atom. The second-order valence-corrected chi connectivity index (χ2v) is 5.21. The molecule has 0 spiro atoms. The summed E-state index contributed by atoms with van der Waals surface area (Å²) in [4.78, 5) is 0. The van der Waals surface area contributed by atoms with Gasteiger partial charge < -0.3 is 5.32 Å². The van der Waals surface area contributed by atoms with Gasteiger partial charge in [-0.25, -0.2) is 0 Å². The second-order valence-electron chi connectivity index (χ2n) is 3.60. The SMILES string of the molecule is CC(Nc1ccc(Br)c(Cl)c1Cl)c1ccn[nH]1. The molecule has 2 rings (SSSR count). The molecule has 1 aromatic heterocycles. The standard InChI is InChI=1S/C11H10BrCl2N3/c1-6(8-4-5-15-17-8)16-9-3-2-7(12)10(13)11(9)14/h2-6,16H,1H3,(H,15,17). The predicted octanol–water partition coefficient (Wildman–Crippen LogP) is 4.65. The molecule has 2 N–H and O–H groups in total. The fourth-order valence-electron chi connectivity index (χ4n) is 1.46. The molecule has 0 aliphatic heterocycles. The third kappa shape index (κ3) is 2.76. The maximum atomic E-state index is 6.15. The van der Waals surface area contributed by atoms with Crippen molar-refractivity contribution in [3.8, 4) is 0 Å². The van der Waals surface area contributed by atoms with E-state index in [0.717, 1.165) is 15.9 Å². The summed E-state index contributed by atoms with van der Waals surface area (Å²) < 4.78 is 0.781. The largest absolute Gasteiger partial charge is 0.376 e. The van der Waals surface area contributed by atoms with Crippen LogP contribution in [0.5, 0.6) is 0 Å². The molecule has 0 aliphatic carbocycles. The molecule has 1 aromatic carbocycles. The normalized spacial score (nSPS) is 12.5. The molecule has 1 unspecified atom stereocenters. The number of hydrogen-bond acceptors (Lipinski definition) is 2. The molecule has 17 heavy (non-hydrogen) atoms. The lowest BCUT2D eigenvalue weighted by Gasteiger charge is -2.15. The van der Waals surface area contributed by atoms with E-state index in [9.17, 15) is 0 Å². The molecule has 0 radical (unpaired) electrons. The second kappa shape index (κ2) is 5.29. The van der Waals surface area contributed by atoms with Crippen molar-refractivity contribution in [1.29, 1.82) is 0 Å². The fraction of sp³-hybridized carbons (Fsp3) is 0.182. The van der Waals surface area contributed by atoms with Crippen molar-refractivity contribution in [3.63, 3.8) is 0 Å². The lowest BCUT2D eigenvalue weighted by Crippen LogP contribution is -2.07. The molecule has 0 aliphatic rings. The van der Waals surface area contributed by atoms with Crippen molar-refractivity contribution in [2.45, 2.75) is 13.0 Å². The minimum atomic E-state index is 0.0762. The van der Waals surface area contributed by atoms with Crippen LogP contribution in [0.3, 0.4) is 0 Å². The molecule has 3 nitrogen and oxygen atoms in total. The first-order chi connectivity index (χ1) is 8.09. The first-order valence-electron chi connectivity index (χ1n) is 4.99. The highest BCUT2D eigenvalue weighted by Gasteiger charge is 2.12. The average Bonchev–Trinajstić information content (AvgIpc) is 2.83. The van der Waals surface area contributed by atoms with E-state index >= 15 is 0 Å². The highest BCUT2D eigenvalue weighted by Crippen LogP contribution is 2.36. The van der Waals surface area contributed by atoms with E-state index in [1.165, 1.54) is 0 Å². The van der Waals surface area contributed by atoms with Crippen molar-refractivity contribution in [3.05, 3.63) is 44.6 Å². The van der Waals surface area contributed by atoms with Gasteiger partial charge in [-0.05, 0) is 41.1 Å². The Morgan fingerprint density at radius 2 is 2.06 bits per heavy atom. The number of aromatic amines is 1. The van der Waals surface area contributed by atoms with Crippen molar-refractivity contribution < 1.29 is 0 Å². The highest BCUT2D eigenvalue weighted by atomic mass is 79.9. The molecule has 0 fully saturated rings. The Labute approximate surface area is 118 Å². The monoisotopic (exact) mass is 333 g/mol. The summed E-state index contributed by atoms with van der Waals surface area (Å²) >= 11 is 15.5. The molecule has 0 amide bonds. The maximum Gasteiger partial charge on any atom is 0.0835 e. The summed E-state index contributed by atoms with van der Waals surface area (Å²) in [6, 6.07) is 5.72. The zero-order valence-corrected chi connectivity index (χ0v) is 12.1. The Morgan fingerprint density at radius 1 is 1.29 bits per heavy atom. The van der Waals surface area contributed by atoms with Crippen LogP contribution < -0.4 is 5.32 Å². The number of H-pyrrole nitrogens is 1. The van der Waals surface area contributed by atoms with Crippen molar-refractivity contribution >= 4 is 44.8 Å². The van der Waals surface area contributed by atoms with E-state index < -0.39 is 0 Å². The van der Waals surface area contributed by atoms with Gasteiger partial charge in [-0.15, -0.1) is 0 Å². The third-order valence-electron chi connectivity index (χ3n) is 2.40. The van der Waals surface area contributed by atoms with E-state index in [1.54, 1.807) is 6.20 Å². The average molecular weight is 335 g/mol. The van der Waals surface area contributed by atoms with Gasteiger partial charge in [-0.1, -0.05) is 23.2 Å². The summed E-state index contributed by atoms with van der Waals surface area (Å²) in [7, 11) is 0. The van der Waals surface area contributed by atoms with Crippen molar-refractivity contribution in [2.24, 2.45) is 0 Å². The van der Waals surface area contributed by atoms with E-state index in [0.29, 0.717) is 10.0 Å². The van der Waals surface area contributed by atoms with E-state index in [1.807, 2.05) is 25.1 Å². The first kappa shape index (κ1) is 12.7. The molecule has 1 atom stereocenters. The molecular weight excluding hydrogens is 325 g/mol. The number of nitrogens with one attached hydrogen (secondary N) is 2. The van der Waals surface area contributed by atoms with Gasteiger partial charge in [0.05, 0.1) is 27.5 Å². The van der Waals surface area contributed by atoms with E-state index in [4.69, 9.17) is 23.2 Å². The van der Waals surface area contributed by atoms with Gasteiger partial charge in [0, 0.05) is 10.7 Å². The number of rotatable bonds is 3. The van der Waals surface area contributed by atoms with Crippen LogP contribution in [0.2, 0.25) is 10.0 Å². The lowest BCUT2D eigenvalue weighted by molar-refractivity contribution is 0.826. The molecule has 0 bridgehead atoms. The van der Waals surface area contributed by atoms with Crippen LogP contribution in [0.15, 0.2) is 28.9 Å². The molecule has 0 saturated heterocycles. The van der Waals surface area contributed by atoms with Crippen LogP contribution in [-0.2, 0) is 0 Å². The van der Waals surface area contributed by atoms with E-state index in [-0.39, 0.29) is 6.04 Å². The summed E-state index contributed by atoms with van der Waals surface area (Å²) in [6.07, 6.45) is 1.71. The van der Waals surface area contributed by atoms with Crippen LogP contribution in [0.4, 0.5) is 5.69 Å². The number of aromatic nitrogens is 2. The summed E-state index contributed by atoms with van der Waals surface area (Å²) in [5.74, 6) is 0. The molecule has 0 saturated carbocycles. The summed E-state index contributed by atoms with van der Waals surface area (Å²) in [5.41, 5.74) is 1.78. The minimum Gasteiger partial charge on any atom is -0.376 e. The van der Waals surface area contributed by atoms with Gasteiger partial charge in [-0.3, -0.25) is 5.10 Å². The molecule has 1 heterocycles. The molecular formula is C11H10BrCl2N3. The van der Waals surface area contributed by atoms with Crippen LogP contribution in [-0.4, -0.2) is 10.2 Å². The Kier molecular flexibility index (Phi) is 3.97. The van der Waals surface area contributed by atoms with E-state index in [2.05, 4.69) is 31.4 Å². The van der Waals surface area contributed by atoms with Crippen LogP contribution in [0, 0.1) is 0 Å². The lowest BCUT2D eigenvalue weighted by atomic mass is 10.2. The highest BCUT2D eigenvalue weighted by molar-refractivity contribution is 9.10. The van der Waals surface area contributed by atoms with Crippen molar-refractivity contribution in [1.82, 2.24) is 10.2 Å². The van der Waals surface area contributed by atoms with Gasteiger partial charge >= 0.3 is 0 Å². The number of anilines is 1. The Hall–Kier alpha value is -0.710. The number of nitrogens with zero attached hydrogens (tertiary/aromatic N) is 1. The van der Waals surface area contributed by atoms with Crippen molar-refractivity contribution in [2.75, 3.05) is 5.32 Å². The quantitative estimate of drug-likeness (QED) is 0.802. The first-order valence-corrected chi connectivity index (χ1v) is 6.54. The molecule has 90 valence electrons. The van der Waals surface area contributed by atoms with Gasteiger partial charge in [0.1, 0.15) is 0 Å². The predicted molar refractivity (Wildman–Crippen MR) is 74.8 cm³/mol. The number of hydrogen-bond donors (Lipinski definition) is 2. The summed E-state index contributed by atoms with van der Waals surface area (Å²) in [5, 5.41) is 11.1.